The van der Waals surface area contributed by atoms with Crippen molar-refractivity contribution in [3.8, 4) is 5.75 Å². The summed E-state index contributed by atoms with van der Waals surface area (Å²) in [5.74, 6) is -0.923. The van der Waals surface area contributed by atoms with Crippen LogP contribution in [0.25, 0.3) is 6.08 Å². The zero-order valence-corrected chi connectivity index (χ0v) is 21.7. The SMILES string of the molecule is CCCCCCCCOc1ccc(Br)cc1/C=C1\C(=O)NC(=O)N(c2ccc(C)c(Cl)c2)C1=O. The Morgan fingerprint density at radius 2 is 1.76 bits per heavy atom. The average molecular weight is 548 g/mol. The molecule has 1 heterocycles. The van der Waals surface area contributed by atoms with Crippen molar-refractivity contribution in [3.63, 3.8) is 0 Å². The van der Waals surface area contributed by atoms with Crippen LogP contribution in [0.1, 0.15) is 56.6 Å². The number of anilines is 1. The molecule has 0 aliphatic carbocycles. The van der Waals surface area contributed by atoms with Crippen LogP contribution < -0.4 is 15.0 Å². The first-order valence-electron chi connectivity index (χ1n) is 11.4. The van der Waals surface area contributed by atoms with Crippen molar-refractivity contribution in [2.45, 2.75) is 52.4 Å². The maximum atomic E-state index is 13.2. The summed E-state index contributed by atoms with van der Waals surface area (Å²) in [5, 5.41) is 2.65. The van der Waals surface area contributed by atoms with E-state index in [1.54, 1.807) is 24.3 Å². The number of imide groups is 2. The van der Waals surface area contributed by atoms with Gasteiger partial charge in [0.15, 0.2) is 0 Å². The third-order valence-corrected chi connectivity index (χ3v) is 6.44. The number of amides is 4. The summed E-state index contributed by atoms with van der Waals surface area (Å²) in [4.78, 5) is 39.2. The first-order valence-corrected chi connectivity index (χ1v) is 12.6. The van der Waals surface area contributed by atoms with E-state index < -0.39 is 17.8 Å². The van der Waals surface area contributed by atoms with Crippen LogP contribution in [0.5, 0.6) is 5.75 Å². The van der Waals surface area contributed by atoms with E-state index in [0.717, 1.165) is 27.8 Å². The van der Waals surface area contributed by atoms with E-state index in [1.807, 2.05) is 13.0 Å². The van der Waals surface area contributed by atoms with Crippen molar-refractivity contribution in [1.29, 1.82) is 0 Å². The summed E-state index contributed by atoms with van der Waals surface area (Å²) in [6.07, 6.45) is 8.32. The highest BCUT2D eigenvalue weighted by Crippen LogP contribution is 2.29. The van der Waals surface area contributed by atoms with Gasteiger partial charge in [-0.2, -0.15) is 0 Å². The van der Waals surface area contributed by atoms with Crippen molar-refractivity contribution in [3.05, 3.63) is 62.6 Å². The number of hydrogen-bond donors (Lipinski definition) is 1. The lowest BCUT2D eigenvalue weighted by Crippen LogP contribution is -2.54. The van der Waals surface area contributed by atoms with Crippen molar-refractivity contribution in [2.24, 2.45) is 0 Å². The van der Waals surface area contributed by atoms with Crippen LogP contribution in [0.15, 0.2) is 46.4 Å². The standard InChI is InChI=1S/C26H28BrClN2O4/c1-3-4-5-6-7-8-13-34-23-12-10-19(27)14-18(23)15-21-24(31)29-26(33)30(25(21)32)20-11-9-17(2)22(28)16-20/h9-12,14-16H,3-8,13H2,1-2H3,(H,29,31,33)/b21-15+. The second-order valence-corrected chi connectivity index (χ2v) is 9.51. The van der Waals surface area contributed by atoms with Crippen LogP contribution in [0.4, 0.5) is 10.5 Å². The largest absolute Gasteiger partial charge is 0.493 e. The summed E-state index contributed by atoms with van der Waals surface area (Å²) in [6, 6.07) is 9.43. The molecule has 2 aromatic rings. The summed E-state index contributed by atoms with van der Waals surface area (Å²) in [7, 11) is 0. The normalized spacial score (nSPS) is 15.1. The fourth-order valence-corrected chi connectivity index (χ4v) is 4.15. The molecule has 0 unspecified atom stereocenters. The van der Waals surface area contributed by atoms with Crippen molar-refractivity contribution >= 4 is 57.1 Å². The van der Waals surface area contributed by atoms with E-state index in [1.165, 1.54) is 37.8 Å². The van der Waals surface area contributed by atoms with Gasteiger partial charge in [-0.1, -0.05) is 72.6 Å². The zero-order valence-electron chi connectivity index (χ0n) is 19.3. The molecule has 2 aromatic carbocycles. The summed E-state index contributed by atoms with van der Waals surface area (Å²) in [6.45, 7) is 4.55. The highest BCUT2D eigenvalue weighted by Gasteiger charge is 2.37. The number of carbonyl (C=O) groups excluding carboxylic acids is 3. The Morgan fingerprint density at radius 3 is 2.50 bits per heavy atom. The molecule has 0 bridgehead atoms. The average Bonchev–Trinajstić information content (AvgIpc) is 2.79. The first kappa shape index (κ1) is 26.0. The van der Waals surface area contributed by atoms with E-state index in [9.17, 15) is 14.4 Å². The number of unbranched alkanes of at least 4 members (excludes halogenated alkanes) is 5. The fraction of sp³-hybridized carbons (Fsp3) is 0.346. The van der Waals surface area contributed by atoms with Crippen LogP contribution in [0.2, 0.25) is 5.02 Å². The molecule has 8 heteroatoms. The molecule has 0 atom stereocenters. The van der Waals surface area contributed by atoms with Crippen LogP contribution in [-0.4, -0.2) is 24.5 Å². The number of halogens is 2. The number of carbonyl (C=O) groups is 3. The first-order chi connectivity index (χ1) is 16.3. The number of benzene rings is 2. The maximum Gasteiger partial charge on any atom is 0.335 e. The van der Waals surface area contributed by atoms with Gasteiger partial charge >= 0.3 is 6.03 Å². The van der Waals surface area contributed by atoms with Gasteiger partial charge in [-0.25, -0.2) is 9.69 Å². The molecule has 4 amide bonds. The van der Waals surface area contributed by atoms with E-state index in [-0.39, 0.29) is 11.3 Å². The Balaban J connectivity index is 1.82. The number of barbiturate groups is 1. The van der Waals surface area contributed by atoms with Crippen LogP contribution in [-0.2, 0) is 9.59 Å². The maximum absolute atomic E-state index is 13.2. The summed E-state index contributed by atoms with van der Waals surface area (Å²) < 4.78 is 6.74. The molecular weight excluding hydrogens is 520 g/mol. The molecule has 1 fully saturated rings. The molecule has 34 heavy (non-hydrogen) atoms. The Hall–Kier alpha value is -2.64. The second kappa shape index (κ2) is 12.2. The van der Waals surface area contributed by atoms with Gasteiger partial charge in [-0.15, -0.1) is 0 Å². The molecule has 6 nitrogen and oxygen atoms in total. The van der Waals surface area contributed by atoms with Crippen molar-refractivity contribution in [1.82, 2.24) is 5.32 Å². The number of hydrogen-bond acceptors (Lipinski definition) is 4. The van der Waals surface area contributed by atoms with Crippen LogP contribution >= 0.6 is 27.5 Å². The van der Waals surface area contributed by atoms with Crippen molar-refractivity contribution in [2.75, 3.05) is 11.5 Å². The molecule has 0 radical (unpaired) electrons. The third kappa shape index (κ3) is 6.48. The summed E-state index contributed by atoms with van der Waals surface area (Å²) in [5.41, 5.74) is 1.49. The van der Waals surface area contributed by atoms with Gasteiger partial charge in [0.25, 0.3) is 11.8 Å². The van der Waals surface area contributed by atoms with Gasteiger partial charge in [0.2, 0.25) is 0 Å². The Labute approximate surface area is 213 Å². The number of aryl methyl sites for hydroxylation is 1. The molecule has 1 saturated heterocycles. The molecule has 1 N–H and O–H groups in total. The highest BCUT2D eigenvalue weighted by molar-refractivity contribution is 9.10. The van der Waals surface area contributed by atoms with E-state index in [4.69, 9.17) is 16.3 Å². The molecule has 0 saturated carbocycles. The van der Waals surface area contributed by atoms with Crippen molar-refractivity contribution < 1.29 is 19.1 Å². The lowest BCUT2D eigenvalue weighted by atomic mass is 10.1. The second-order valence-electron chi connectivity index (χ2n) is 8.19. The number of nitrogens with one attached hydrogen (secondary N) is 1. The van der Waals surface area contributed by atoms with Gasteiger partial charge in [-0.05, 0) is 55.3 Å². The smallest absolute Gasteiger partial charge is 0.335 e. The minimum atomic E-state index is -0.819. The highest BCUT2D eigenvalue weighted by atomic mass is 79.9. The molecule has 0 aromatic heterocycles. The number of ether oxygens (including phenoxy) is 1. The van der Waals surface area contributed by atoms with Gasteiger partial charge < -0.3 is 4.74 Å². The third-order valence-electron chi connectivity index (χ3n) is 5.54. The molecule has 0 spiro atoms. The zero-order chi connectivity index (χ0) is 24.7. The Kier molecular flexibility index (Phi) is 9.30. The predicted octanol–water partition coefficient (Wildman–Crippen LogP) is 6.82. The minimum Gasteiger partial charge on any atom is -0.493 e. The number of rotatable bonds is 10. The van der Waals surface area contributed by atoms with Gasteiger partial charge in [-0.3, -0.25) is 14.9 Å². The Bertz CT molecular complexity index is 1120. The fourth-order valence-electron chi connectivity index (χ4n) is 3.60. The molecule has 1 aliphatic heterocycles. The number of nitrogens with zero attached hydrogens (tertiary/aromatic N) is 1. The number of urea groups is 1. The van der Waals surface area contributed by atoms with Crippen LogP contribution in [0, 0.1) is 6.92 Å². The van der Waals surface area contributed by atoms with E-state index >= 15 is 0 Å². The molecule has 1 aliphatic rings. The lowest BCUT2D eigenvalue weighted by Gasteiger charge is -2.26. The van der Waals surface area contributed by atoms with E-state index in [2.05, 4.69) is 28.2 Å². The summed E-state index contributed by atoms with van der Waals surface area (Å²) >= 11 is 9.62. The van der Waals surface area contributed by atoms with E-state index in [0.29, 0.717) is 22.9 Å². The molecular formula is C26H28BrClN2O4. The van der Waals surface area contributed by atoms with Gasteiger partial charge in [0, 0.05) is 15.1 Å². The molecule has 180 valence electrons. The Morgan fingerprint density at radius 1 is 1.03 bits per heavy atom. The van der Waals surface area contributed by atoms with Gasteiger partial charge in [0.1, 0.15) is 11.3 Å². The molecule has 3 rings (SSSR count). The lowest BCUT2D eigenvalue weighted by molar-refractivity contribution is -0.122. The quantitative estimate of drug-likeness (QED) is 0.201. The monoisotopic (exact) mass is 546 g/mol. The van der Waals surface area contributed by atoms with Crippen LogP contribution in [0.3, 0.4) is 0 Å². The predicted molar refractivity (Wildman–Crippen MR) is 138 cm³/mol. The minimum absolute atomic E-state index is 0.168. The topological polar surface area (TPSA) is 75.7 Å². The van der Waals surface area contributed by atoms with Gasteiger partial charge in [0.05, 0.1) is 12.3 Å².